The summed E-state index contributed by atoms with van der Waals surface area (Å²) in [5.74, 6) is -0.217. The normalized spacial score (nSPS) is 15.1. The van der Waals surface area contributed by atoms with Gasteiger partial charge in [0.2, 0.25) is 15.9 Å². The van der Waals surface area contributed by atoms with Gasteiger partial charge in [-0.3, -0.25) is 9.52 Å². The van der Waals surface area contributed by atoms with E-state index in [0.717, 1.165) is 16.7 Å². The van der Waals surface area contributed by atoms with Crippen molar-refractivity contribution in [2.75, 3.05) is 30.2 Å². The zero-order valence-electron chi connectivity index (χ0n) is 22.2. The lowest BCUT2D eigenvalue weighted by Crippen LogP contribution is -2.41. The number of piperidine rings is 1. The number of carbonyl (C=O) groups excluding carboxylic acids is 1. The number of nitrogens with zero attached hydrogens (tertiary/aromatic N) is 1. The van der Waals surface area contributed by atoms with Crippen LogP contribution in [0.3, 0.4) is 0 Å². The van der Waals surface area contributed by atoms with Gasteiger partial charge in [-0.25, -0.2) is 21.1 Å². The van der Waals surface area contributed by atoms with Crippen molar-refractivity contribution >= 4 is 37.3 Å². The minimum absolute atomic E-state index is 0.0381. The molecule has 39 heavy (non-hydrogen) atoms. The molecule has 0 unspecified atom stereocenters. The van der Waals surface area contributed by atoms with Crippen LogP contribution in [-0.2, 0) is 30.6 Å². The van der Waals surface area contributed by atoms with E-state index >= 15 is 0 Å². The van der Waals surface area contributed by atoms with Crippen molar-refractivity contribution in [3.8, 4) is 5.75 Å². The number of hydrogen-bond donors (Lipinski definition) is 2. The molecule has 0 bridgehead atoms. The predicted molar refractivity (Wildman–Crippen MR) is 152 cm³/mol. The average Bonchev–Trinajstić information content (AvgIpc) is 2.90. The number of benzene rings is 3. The van der Waals surface area contributed by atoms with Gasteiger partial charge in [-0.15, -0.1) is 0 Å². The molecule has 2 N–H and O–H groups in total. The Morgan fingerprint density at radius 1 is 0.897 bits per heavy atom. The van der Waals surface area contributed by atoms with Crippen LogP contribution in [0.2, 0.25) is 0 Å². The molecule has 1 aliphatic heterocycles. The van der Waals surface area contributed by atoms with Gasteiger partial charge < -0.3 is 10.1 Å². The second-order valence-electron chi connectivity index (χ2n) is 9.74. The fraction of sp³-hybridized carbons (Fsp3) is 0.321. The lowest BCUT2D eigenvalue weighted by molar-refractivity contribution is -0.120. The van der Waals surface area contributed by atoms with E-state index in [1.165, 1.54) is 35.7 Å². The summed E-state index contributed by atoms with van der Waals surface area (Å²) in [6.07, 6.45) is 0.821. The Bertz CT molecular complexity index is 1530. The van der Waals surface area contributed by atoms with Crippen LogP contribution >= 0.6 is 0 Å². The smallest absolute Gasteiger partial charge is 0.262 e. The van der Waals surface area contributed by atoms with Gasteiger partial charge in [0.15, 0.2) is 0 Å². The quantitative estimate of drug-likeness (QED) is 0.395. The molecule has 4 rings (SSSR count). The molecule has 1 amide bonds. The fourth-order valence-electron chi connectivity index (χ4n) is 4.45. The zero-order chi connectivity index (χ0) is 28.2. The first-order valence-electron chi connectivity index (χ1n) is 12.6. The summed E-state index contributed by atoms with van der Waals surface area (Å²) in [4.78, 5) is 12.9. The fourth-order valence-corrected chi connectivity index (χ4v) is 7.07. The highest BCUT2D eigenvalue weighted by molar-refractivity contribution is 7.92. The third kappa shape index (κ3) is 7.17. The van der Waals surface area contributed by atoms with E-state index in [9.17, 15) is 21.6 Å². The van der Waals surface area contributed by atoms with E-state index in [2.05, 4.69) is 10.0 Å². The Kier molecular flexibility index (Phi) is 8.63. The van der Waals surface area contributed by atoms with Crippen molar-refractivity contribution in [1.82, 2.24) is 4.31 Å². The molecule has 0 saturated carbocycles. The van der Waals surface area contributed by atoms with Gasteiger partial charge in [-0.2, -0.15) is 0 Å². The molecule has 0 spiro atoms. The first-order chi connectivity index (χ1) is 18.5. The molecule has 1 saturated heterocycles. The van der Waals surface area contributed by atoms with Gasteiger partial charge in [0, 0.05) is 24.7 Å². The topological polar surface area (TPSA) is 122 Å². The number of sulfonamides is 2. The molecule has 0 aromatic heterocycles. The maximum Gasteiger partial charge on any atom is 0.262 e. The van der Waals surface area contributed by atoms with Crippen molar-refractivity contribution in [1.29, 1.82) is 0 Å². The molecule has 1 aliphatic rings. The van der Waals surface area contributed by atoms with E-state index < -0.39 is 20.0 Å². The number of anilines is 2. The van der Waals surface area contributed by atoms with Crippen LogP contribution < -0.4 is 14.8 Å². The Morgan fingerprint density at radius 2 is 1.51 bits per heavy atom. The Labute approximate surface area is 230 Å². The predicted octanol–water partition coefficient (Wildman–Crippen LogP) is 4.29. The van der Waals surface area contributed by atoms with E-state index in [-0.39, 0.29) is 35.6 Å². The number of carbonyl (C=O) groups is 1. The monoisotopic (exact) mass is 571 g/mol. The van der Waals surface area contributed by atoms with Crippen LogP contribution in [0.4, 0.5) is 11.4 Å². The maximum atomic E-state index is 12.9. The Morgan fingerprint density at radius 3 is 2.13 bits per heavy atom. The van der Waals surface area contributed by atoms with Gasteiger partial charge in [-0.1, -0.05) is 35.9 Å². The maximum absolute atomic E-state index is 12.9. The van der Waals surface area contributed by atoms with Crippen molar-refractivity contribution in [2.45, 2.75) is 37.3 Å². The zero-order valence-corrected chi connectivity index (χ0v) is 23.8. The summed E-state index contributed by atoms with van der Waals surface area (Å²) < 4.78 is 60.7. The molecule has 11 heteroatoms. The van der Waals surface area contributed by atoms with E-state index in [0.29, 0.717) is 30.0 Å². The molecule has 1 fully saturated rings. The van der Waals surface area contributed by atoms with Crippen molar-refractivity contribution in [3.05, 3.63) is 83.4 Å². The highest BCUT2D eigenvalue weighted by Gasteiger charge is 2.31. The van der Waals surface area contributed by atoms with Crippen LogP contribution in [0.15, 0.2) is 71.6 Å². The standard InChI is InChI=1S/C28H33N3O6S2/c1-20-4-7-22(8-5-20)19-38(33,34)31-16-14-23(15-17-31)28(32)29-24-9-11-25(12-10-24)39(35,36)30-26-18-21(2)6-13-27(26)37-3/h4-13,18,23,30H,14-17,19H2,1-3H3,(H,29,32). The minimum atomic E-state index is -3.88. The van der Waals surface area contributed by atoms with Crippen LogP contribution in [0.1, 0.15) is 29.5 Å². The summed E-state index contributed by atoms with van der Waals surface area (Å²) in [6.45, 7) is 4.35. The van der Waals surface area contributed by atoms with Gasteiger partial charge >= 0.3 is 0 Å². The second-order valence-corrected chi connectivity index (χ2v) is 13.4. The molecular weight excluding hydrogens is 538 g/mol. The molecule has 3 aromatic carbocycles. The number of hydrogen-bond acceptors (Lipinski definition) is 6. The number of methoxy groups -OCH3 is 1. The number of nitrogens with one attached hydrogen (secondary N) is 2. The number of amides is 1. The Balaban J connectivity index is 1.33. The van der Waals surface area contributed by atoms with Crippen molar-refractivity contribution in [2.24, 2.45) is 5.92 Å². The molecule has 1 heterocycles. The molecule has 0 atom stereocenters. The van der Waals surface area contributed by atoms with Crippen molar-refractivity contribution in [3.63, 3.8) is 0 Å². The lowest BCUT2D eigenvalue weighted by atomic mass is 9.97. The molecule has 9 nitrogen and oxygen atoms in total. The van der Waals surface area contributed by atoms with Crippen LogP contribution in [0.25, 0.3) is 0 Å². The van der Waals surface area contributed by atoms with E-state index in [1.807, 2.05) is 44.2 Å². The SMILES string of the molecule is COc1ccc(C)cc1NS(=O)(=O)c1ccc(NC(=O)C2CCN(S(=O)(=O)Cc3ccc(C)cc3)CC2)cc1. The van der Waals surface area contributed by atoms with Gasteiger partial charge in [0.1, 0.15) is 5.75 Å². The van der Waals surface area contributed by atoms with Crippen LogP contribution in [0, 0.1) is 19.8 Å². The average molecular weight is 572 g/mol. The number of rotatable bonds is 9. The molecule has 208 valence electrons. The summed E-state index contributed by atoms with van der Waals surface area (Å²) >= 11 is 0. The highest BCUT2D eigenvalue weighted by Crippen LogP contribution is 2.28. The number of aryl methyl sites for hydroxylation is 2. The summed E-state index contributed by atoms with van der Waals surface area (Å²) in [7, 11) is -5.89. The minimum Gasteiger partial charge on any atom is -0.495 e. The van der Waals surface area contributed by atoms with E-state index in [4.69, 9.17) is 4.74 Å². The summed E-state index contributed by atoms with van der Waals surface area (Å²) in [5, 5.41) is 2.82. The third-order valence-corrected chi connectivity index (χ3v) is 9.95. The first-order valence-corrected chi connectivity index (χ1v) is 15.7. The van der Waals surface area contributed by atoms with Crippen LogP contribution in [0.5, 0.6) is 5.75 Å². The highest BCUT2D eigenvalue weighted by atomic mass is 32.2. The first kappa shape index (κ1) is 28.6. The number of ether oxygens (including phenoxy) is 1. The van der Waals surface area contributed by atoms with Gasteiger partial charge in [0.25, 0.3) is 10.0 Å². The molecule has 0 aliphatic carbocycles. The van der Waals surface area contributed by atoms with Gasteiger partial charge in [0.05, 0.1) is 23.4 Å². The molecule has 0 radical (unpaired) electrons. The Hall–Kier alpha value is -3.41. The van der Waals surface area contributed by atoms with Gasteiger partial charge in [-0.05, 0) is 74.2 Å². The largest absolute Gasteiger partial charge is 0.495 e. The van der Waals surface area contributed by atoms with Crippen molar-refractivity contribution < 1.29 is 26.4 Å². The molecule has 3 aromatic rings. The summed E-state index contributed by atoms with van der Waals surface area (Å²) in [5.41, 5.74) is 3.47. The van der Waals surface area contributed by atoms with Crippen LogP contribution in [-0.4, -0.2) is 47.2 Å². The van der Waals surface area contributed by atoms with E-state index in [1.54, 1.807) is 12.1 Å². The second kappa shape index (κ2) is 11.8. The summed E-state index contributed by atoms with van der Waals surface area (Å²) in [6, 6.07) is 18.5. The molecular formula is C28H33N3O6S2. The lowest BCUT2D eigenvalue weighted by Gasteiger charge is -2.30. The third-order valence-electron chi connectivity index (χ3n) is 6.72.